The van der Waals surface area contributed by atoms with Gasteiger partial charge in [-0.15, -0.1) is 0 Å². The molecule has 318 valence electrons. The minimum atomic E-state index is -0.194. The number of hydrogen-bond acceptors (Lipinski definition) is 2. The summed E-state index contributed by atoms with van der Waals surface area (Å²) in [6.07, 6.45) is 0. The first-order valence-corrected chi connectivity index (χ1v) is 23.3. The Morgan fingerprint density at radius 1 is 0.303 bits per heavy atom. The standard InChI is InChI=1S/C62H50N4/c1-61(2,3)57-53(63(39-23-11-7-12-24-39)40-25-13-8-14-26-40)37-47-45-35-52-46(36-51(45)65-49-33-21-19-31-43(49)55(57)59(47)65)48-38-54(64(41-27-15-9-16-28-41)42-29-17-10-18-30-42)58(62(4,5)6)56-44-32-20-22-34-50(44)66(52)60(48)56/h7-38H,1-6H3. The lowest BCUT2D eigenvalue weighted by molar-refractivity contribution is 0.596. The highest BCUT2D eigenvalue weighted by Gasteiger charge is 2.34. The maximum absolute atomic E-state index is 2.58. The molecule has 0 fully saturated rings. The fourth-order valence-electron chi connectivity index (χ4n) is 11.6. The van der Waals surface area contributed by atoms with E-state index < -0.39 is 0 Å². The van der Waals surface area contributed by atoms with Crippen molar-refractivity contribution in [3.8, 4) is 0 Å². The molecule has 0 saturated heterocycles. The Balaban J connectivity index is 1.23. The summed E-state index contributed by atoms with van der Waals surface area (Å²) in [5.74, 6) is 0. The third-order valence-electron chi connectivity index (χ3n) is 14.0. The molecule has 13 aromatic rings. The van der Waals surface area contributed by atoms with Crippen molar-refractivity contribution in [3.05, 3.63) is 205 Å². The molecular formula is C62H50N4. The number of hydrogen-bond donors (Lipinski definition) is 0. The molecule has 4 aromatic heterocycles. The molecule has 0 N–H and O–H groups in total. The van der Waals surface area contributed by atoms with Crippen LogP contribution in [-0.2, 0) is 10.8 Å². The van der Waals surface area contributed by atoms with E-state index >= 15 is 0 Å². The van der Waals surface area contributed by atoms with Crippen molar-refractivity contribution in [3.63, 3.8) is 0 Å². The number of para-hydroxylation sites is 6. The van der Waals surface area contributed by atoms with E-state index in [1.807, 2.05) is 0 Å². The van der Waals surface area contributed by atoms with Crippen LogP contribution in [-0.4, -0.2) is 8.80 Å². The van der Waals surface area contributed by atoms with Crippen molar-refractivity contribution in [2.75, 3.05) is 9.80 Å². The van der Waals surface area contributed by atoms with Crippen LogP contribution in [0.3, 0.4) is 0 Å². The lowest BCUT2D eigenvalue weighted by Gasteiger charge is -2.33. The first-order valence-electron chi connectivity index (χ1n) is 23.3. The van der Waals surface area contributed by atoms with Gasteiger partial charge in [0, 0.05) is 65.8 Å². The van der Waals surface area contributed by atoms with Crippen molar-refractivity contribution in [1.82, 2.24) is 8.80 Å². The SMILES string of the molecule is CC(C)(C)c1c(N(c2ccccc2)c2ccccc2)cc2c3cc4c(cc3n3c5ccccc5c1c23)c1cc(N(c2ccccc2)c2ccccc2)c(C(C)(C)C)c2c3ccccc3n4c12. The smallest absolute Gasteiger partial charge is 0.0625 e. The van der Waals surface area contributed by atoms with Crippen molar-refractivity contribution >= 4 is 110 Å². The first kappa shape index (κ1) is 38.6. The van der Waals surface area contributed by atoms with Crippen molar-refractivity contribution in [2.45, 2.75) is 52.4 Å². The Kier molecular flexibility index (Phi) is 8.10. The molecule has 0 aliphatic rings. The number of anilines is 6. The maximum Gasteiger partial charge on any atom is 0.0625 e. The van der Waals surface area contributed by atoms with E-state index in [1.165, 1.54) is 98.7 Å². The monoisotopic (exact) mass is 850 g/mol. The van der Waals surface area contributed by atoms with Gasteiger partial charge in [-0.05, 0) is 107 Å². The molecule has 0 unspecified atom stereocenters. The molecule has 0 atom stereocenters. The van der Waals surface area contributed by atoms with Gasteiger partial charge in [0.1, 0.15) is 0 Å². The normalized spacial score (nSPS) is 12.7. The summed E-state index contributed by atoms with van der Waals surface area (Å²) in [5.41, 5.74) is 16.8. The second kappa shape index (κ2) is 13.8. The summed E-state index contributed by atoms with van der Waals surface area (Å²) < 4.78 is 5.16. The maximum atomic E-state index is 2.58. The van der Waals surface area contributed by atoms with Crippen LogP contribution in [0.5, 0.6) is 0 Å². The average Bonchev–Trinajstić information content (AvgIpc) is 4.05. The predicted molar refractivity (Wildman–Crippen MR) is 283 cm³/mol. The highest BCUT2D eigenvalue weighted by atomic mass is 15.2. The highest BCUT2D eigenvalue weighted by Crippen LogP contribution is 2.54. The van der Waals surface area contributed by atoms with Crippen LogP contribution < -0.4 is 9.80 Å². The molecule has 0 aliphatic carbocycles. The van der Waals surface area contributed by atoms with E-state index in [2.05, 4.69) is 254 Å². The molecular weight excluding hydrogens is 801 g/mol. The van der Waals surface area contributed by atoms with Crippen LogP contribution in [0.1, 0.15) is 52.7 Å². The molecule has 0 radical (unpaired) electrons. The zero-order chi connectivity index (χ0) is 44.6. The second-order valence-electron chi connectivity index (χ2n) is 20.2. The average molecular weight is 851 g/mol. The number of nitrogens with zero attached hydrogens (tertiary/aromatic N) is 4. The van der Waals surface area contributed by atoms with Gasteiger partial charge in [0.25, 0.3) is 0 Å². The quantitative estimate of drug-likeness (QED) is 0.166. The van der Waals surface area contributed by atoms with Crippen LogP contribution >= 0.6 is 0 Å². The van der Waals surface area contributed by atoms with Gasteiger partial charge >= 0.3 is 0 Å². The lowest BCUT2D eigenvalue weighted by atomic mass is 9.81. The number of benzene rings is 9. The van der Waals surface area contributed by atoms with Crippen LogP contribution in [0.2, 0.25) is 0 Å². The Labute approximate surface area is 384 Å². The largest absolute Gasteiger partial charge is 0.310 e. The molecule has 13 rings (SSSR count). The van der Waals surface area contributed by atoms with Gasteiger partial charge in [-0.25, -0.2) is 0 Å². The van der Waals surface area contributed by atoms with Crippen LogP contribution in [0.15, 0.2) is 194 Å². The molecule has 0 amide bonds. The van der Waals surface area contributed by atoms with Gasteiger partial charge in [-0.3, -0.25) is 0 Å². The summed E-state index contributed by atoms with van der Waals surface area (Å²) in [5, 5.41) is 10.3. The van der Waals surface area contributed by atoms with Gasteiger partial charge in [0.15, 0.2) is 0 Å². The summed E-state index contributed by atoms with van der Waals surface area (Å²) >= 11 is 0. The molecule has 0 spiro atoms. The summed E-state index contributed by atoms with van der Waals surface area (Å²) in [4.78, 5) is 4.96. The number of rotatable bonds is 6. The third-order valence-corrected chi connectivity index (χ3v) is 14.0. The van der Waals surface area contributed by atoms with Gasteiger partial charge in [0.05, 0.1) is 44.5 Å². The van der Waals surface area contributed by atoms with Gasteiger partial charge in [0.2, 0.25) is 0 Å². The Morgan fingerprint density at radius 2 is 0.606 bits per heavy atom. The molecule has 0 aliphatic heterocycles. The zero-order valence-electron chi connectivity index (χ0n) is 38.3. The lowest BCUT2D eigenvalue weighted by Crippen LogP contribution is -2.19. The Bertz CT molecular complexity index is 3640. The van der Waals surface area contributed by atoms with E-state index in [0.717, 1.165) is 22.7 Å². The molecule has 4 nitrogen and oxygen atoms in total. The minimum absolute atomic E-state index is 0.194. The summed E-state index contributed by atoms with van der Waals surface area (Å²) in [6.45, 7) is 14.3. The minimum Gasteiger partial charge on any atom is -0.310 e. The Hall–Kier alpha value is -7.82. The molecule has 0 saturated carbocycles. The van der Waals surface area contributed by atoms with Crippen molar-refractivity contribution in [2.24, 2.45) is 0 Å². The highest BCUT2D eigenvalue weighted by molar-refractivity contribution is 6.31. The van der Waals surface area contributed by atoms with Gasteiger partial charge in [-0.1, -0.05) is 151 Å². The number of aromatic nitrogens is 2. The first-order chi connectivity index (χ1) is 32.1. The van der Waals surface area contributed by atoms with E-state index in [-0.39, 0.29) is 10.8 Å². The predicted octanol–water partition coefficient (Wildman–Crippen LogP) is 17.5. The van der Waals surface area contributed by atoms with E-state index in [9.17, 15) is 0 Å². The zero-order valence-corrected chi connectivity index (χ0v) is 38.3. The summed E-state index contributed by atoms with van der Waals surface area (Å²) in [6, 6.07) is 71.8. The topological polar surface area (TPSA) is 15.3 Å². The third kappa shape index (κ3) is 5.39. The van der Waals surface area contributed by atoms with Crippen LogP contribution in [0.4, 0.5) is 34.1 Å². The van der Waals surface area contributed by atoms with E-state index in [1.54, 1.807) is 0 Å². The van der Waals surface area contributed by atoms with Crippen molar-refractivity contribution in [1.29, 1.82) is 0 Å². The molecule has 4 heterocycles. The Morgan fingerprint density at radius 3 is 0.924 bits per heavy atom. The van der Waals surface area contributed by atoms with E-state index in [0.29, 0.717) is 0 Å². The van der Waals surface area contributed by atoms with Crippen LogP contribution in [0, 0.1) is 0 Å². The van der Waals surface area contributed by atoms with Crippen molar-refractivity contribution < 1.29 is 0 Å². The van der Waals surface area contributed by atoms with Gasteiger partial charge in [-0.2, -0.15) is 0 Å². The van der Waals surface area contributed by atoms with E-state index in [4.69, 9.17) is 0 Å². The second-order valence-corrected chi connectivity index (χ2v) is 20.2. The fourth-order valence-corrected chi connectivity index (χ4v) is 11.6. The fraction of sp³-hybridized carbons (Fsp3) is 0.129. The summed E-state index contributed by atoms with van der Waals surface area (Å²) in [7, 11) is 0. The molecule has 4 heteroatoms. The molecule has 9 aromatic carbocycles. The van der Waals surface area contributed by atoms with Crippen LogP contribution in [0.25, 0.3) is 76.2 Å². The van der Waals surface area contributed by atoms with Gasteiger partial charge < -0.3 is 18.6 Å². The number of fused-ring (bicyclic) bond motifs is 12. The molecule has 0 bridgehead atoms. The molecule has 66 heavy (non-hydrogen) atoms.